The highest BCUT2D eigenvalue weighted by Gasteiger charge is 2.18. The molecule has 0 aliphatic rings. The third-order valence-corrected chi connectivity index (χ3v) is 4.04. The van der Waals surface area contributed by atoms with Gasteiger partial charge in [0.05, 0.1) is 15.7 Å². The van der Waals surface area contributed by atoms with Crippen molar-refractivity contribution in [2.45, 2.75) is 20.0 Å². The van der Waals surface area contributed by atoms with Crippen molar-refractivity contribution in [3.8, 4) is 5.75 Å². The Balaban J connectivity index is 2.11. The maximum atomic E-state index is 12.4. The Hall–Kier alpha value is -2.34. The van der Waals surface area contributed by atoms with E-state index in [1.165, 1.54) is 0 Å². The molecule has 2 rings (SSSR count). The van der Waals surface area contributed by atoms with Crippen LogP contribution in [0.15, 0.2) is 46.9 Å². The molecular formula is C18H19BrN2O3. The van der Waals surface area contributed by atoms with Gasteiger partial charge in [0, 0.05) is 7.05 Å². The number of benzene rings is 2. The molecule has 0 saturated heterocycles. The van der Waals surface area contributed by atoms with Gasteiger partial charge in [-0.2, -0.15) is 0 Å². The number of nitrogens with one attached hydrogen (secondary N) is 2. The number of anilines is 1. The number of rotatable bonds is 5. The first-order valence-electron chi connectivity index (χ1n) is 7.47. The van der Waals surface area contributed by atoms with Crippen LogP contribution in [0.3, 0.4) is 0 Å². The quantitative estimate of drug-likeness (QED) is 0.820. The summed E-state index contributed by atoms with van der Waals surface area (Å²) >= 11 is 3.42. The van der Waals surface area contributed by atoms with Gasteiger partial charge in [-0.1, -0.05) is 18.2 Å². The normalized spacial score (nSPS) is 11.5. The van der Waals surface area contributed by atoms with Gasteiger partial charge in [-0.05, 0) is 59.6 Å². The molecule has 0 aliphatic carbocycles. The van der Waals surface area contributed by atoms with Crippen molar-refractivity contribution >= 4 is 33.4 Å². The molecule has 0 aliphatic heterocycles. The molecule has 6 heteroatoms. The van der Waals surface area contributed by atoms with Gasteiger partial charge in [0.1, 0.15) is 5.75 Å². The van der Waals surface area contributed by atoms with Crippen LogP contribution in [-0.2, 0) is 4.79 Å². The molecule has 5 nitrogen and oxygen atoms in total. The van der Waals surface area contributed by atoms with E-state index in [9.17, 15) is 9.59 Å². The van der Waals surface area contributed by atoms with E-state index < -0.39 is 6.10 Å². The van der Waals surface area contributed by atoms with Crippen molar-refractivity contribution in [1.29, 1.82) is 0 Å². The van der Waals surface area contributed by atoms with E-state index >= 15 is 0 Å². The fourth-order valence-corrected chi connectivity index (χ4v) is 2.69. The standard InChI is InChI=1S/C18H19BrN2O3/c1-11-8-9-16(14(19)10-11)24-12(2)17(22)21-15-7-5-4-6-13(15)18(23)20-3/h4-10,12H,1-3H3,(H,20,23)(H,21,22). The summed E-state index contributed by atoms with van der Waals surface area (Å²) in [7, 11) is 1.54. The highest BCUT2D eigenvalue weighted by Crippen LogP contribution is 2.27. The van der Waals surface area contributed by atoms with Gasteiger partial charge in [-0.3, -0.25) is 9.59 Å². The highest BCUT2D eigenvalue weighted by molar-refractivity contribution is 9.10. The number of para-hydroxylation sites is 1. The predicted octanol–water partition coefficient (Wildman–Crippen LogP) is 3.52. The van der Waals surface area contributed by atoms with Gasteiger partial charge in [0.2, 0.25) is 0 Å². The lowest BCUT2D eigenvalue weighted by Gasteiger charge is -2.17. The summed E-state index contributed by atoms with van der Waals surface area (Å²) in [5.41, 5.74) is 1.93. The summed E-state index contributed by atoms with van der Waals surface area (Å²) in [6.45, 7) is 3.63. The fraction of sp³-hybridized carbons (Fsp3) is 0.222. The van der Waals surface area contributed by atoms with Crippen LogP contribution >= 0.6 is 15.9 Å². The average molecular weight is 391 g/mol. The molecule has 24 heavy (non-hydrogen) atoms. The monoisotopic (exact) mass is 390 g/mol. The minimum atomic E-state index is -0.721. The molecule has 0 radical (unpaired) electrons. The molecular weight excluding hydrogens is 372 g/mol. The van der Waals surface area contributed by atoms with Gasteiger partial charge in [-0.15, -0.1) is 0 Å². The summed E-state index contributed by atoms with van der Waals surface area (Å²) in [4.78, 5) is 24.2. The Morgan fingerprint density at radius 2 is 1.88 bits per heavy atom. The zero-order chi connectivity index (χ0) is 17.7. The van der Waals surface area contributed by atoms with Crippen molar-refractivity contribution in [3.05, 3.63) is 58.1 Å². The predicted molar refractivity (Wildman–Crippen MR) is 97.4 cm³/mol. The SMILES string of the molecule is CNC(=O)c1ccccc1NC(=O)C(C)Oc1ccc(C)cc1Br. The summed E-state index contributed by atoms with van der Waals surface area (Å²) in [6.07, 6.45) is -0.721. The summed E-state index contributed by atoms with van der Waals surface area (Å²) in [5.74, 6) is -0.0117. The van der Waals surface area contributed by atoms with Gasteiger partial charge in [-0.25, -0.2) is 0 Å². The summed E-state index contributed by atoms with van der Waals surface area (Å²) < 4.78 is 6.49. The minimum absolute atomic E-state index is 0.263. The molecule has 0 fully saturated rings. The van der Waals surface area contributed by atoms with Crippen molar-refractivity contribution < 1.29 is 14.3 Å². The average Bonchev–Trinajstić information content (AvgIpc) is 2.57. The van der Waals surface area contributed by atoms with E-state index in [4.69, 9.17) is 4.74 Å². The molecule has 2 aromatic carbocycles. The van der Waals surface area contributed by atoms with E-state index in [2.05, 4.69) is 26.6 Å². The first-order valence-corrected chi connectivity index (χ1v) is 8.26. The number of carbonyl (C=O) groups excluding carboxylic acids is 2. The first kappa shape index (κ1) is 18.0. The Morgan fingerprint density at radius 1 is 1.17 bits per heavy atom. The zero-order valence-electron chi connectivity index (χ0n) is 13.7. The van der Waals surface area contributed by atoms with Crippen LogP contribution in [0.25, 0.3) is 0 Å². The molecule has 0 saturated carbocycles. The van der Waals surface area contributed by atoms with Gasteiger partial charge >= 0.3 is 0 Å². The molecule has 1 atom stereocenters. The first-order chi connectivity index (χ1) is 11.4. The number of amides is 2. The number of halogens is 1. The largest absolute Gasteiger partial charge is 0.480 e. The van der Waals surface area contributed by atoms with Crippen molar-refractivity contribution in [2.24, 2.45) is 0 Å². The van der Waals surface area contributed by atoms with Crippen molar-refractivity contribution in [1.82, 2.24) is 5.32 Å². The Morgan fingerprint density at radius 3 is 2.54 bits per heavy atom. The Kier molecular flexibility index (Phi) is 5.98. The van der Waals surface area contributed by atoms with Gasteiger partial charge in [0.15, 0.2) is 6.10 Å². The van der Waals surface area contributed by atoms with E-state index in [1.807, 2.05) is 25.1 Å². The number of hydrogen-bond donors (Lipinski definition) is 2. The van der Waals surface area contributed by atoms with Gasteiger partial charge in [0.25, 0.3) is 11.8 Å². The fourth-order valence-electron chi connectivity index (χ4n) is 2.10. The molecule has 0 aromatic heterocycles. The van der Waals surface area contributed by atoms with E-state index in [0.29, 0.717) is 17.0 Å². The third kappa shape index (κ3) is 4.35. The molecule has 126 valence electrons. The number of carbonyl (C=O) groups is 2. The lowest BCUT2D eigenvalue weighted by Crippen LogP contribution is -2.31. The van der Waals surface area contributed by atoms with Crippen LogP contribution < -0.4 is 15.4 Å². The van der Waals surface area contributed by atoms with Crippen molar-refractivity contribution in [3.63, 3.8) is 0 Å². The van der Waals surface area contributed by atoms with Crippen LogP contribution in [0.1, 0.15) is 22.8 Å². The Labute approximate surface area is 149 Å². The van der Waals surface area contributed by atoms with Gasteiger partial charge < -0.3 is 15.4 Å². The highest BCUT2D eigenvalue weighted by atomic mass is 79.9. The molecule has 0 heterocycles. The molecule has 0 bridgehead atoms. The van der Waals surface area contributed by atoms with E-state index in [-0.39, 0.29) is 11.8 Å². The van der Waals surface area contributed by atoms with Crippen molar-refractivity contribution in [2.75, 3.05) is 12.4 Å². The lowest BCUT2D eigenvalue weighted by atomic mass is 10.1. The third-order valence-electron chi connectivity index (χ3n) is 3.42. The van der Waals surface area contributed by atoms with E-state index in [0.717, 1.165) is 10.0 Å². The van der Waals surface area contributed by atoms with Crippen LogP contribution in [-0.4, -0.2) is 25.0 Å². The molecule has 2 aromatic rings. The second-order valence-corrected chi connectivity index (χ2v) is 6.16. The smallest absolute Gasteiger partial charge is 0.265 e. The second-order valence-electron chi connectivity index (χ2n) is 5.31. The van der Waals surface area contributed by atoms with Crippen LogP contribution in [0.2, 0.25) is 0 Å². The molecule has 2 amide bonds. The maximum absolute atomic E-state index is 12.4. The lowest BCUT2D eigenvalue weighted by molar-refractivity contribution is -0.122. The summed E-state index contributed by atoms with van der Waals surface area (Å²) in [5, 5.41) is 5.29. The zero-order valence-corrected chi connectivity index (χ0v) is 15.3. The Bertz CT molecular complexity index is 762. The molecule has 2 N–H and O–H groups in total. The maximum Gasteiger partial charge on any atom is 0.265 e. The van der Waals surface area contributed by atoms with Crippen LogP contribution in [0.5, 0.6) is 5.75 Å². The molecule has 1 unspecified atom stereocenters. The topological polar surface area (TPSA) is 67.4 Å². The second kappa shape index (κ2) is 7.97. The number of hydrogen-bond acceptors (Lipinski definition) is 3. The molecule has 0 spiro atoms. The van der Waals surface area contributed by atoms with E-state index in [1.54, 1.807) is 38.2 Å². The number of aryl methyl sites for hydroxylation is 1. The van der Waals surface area contributed by atoms with Crippen LogP contribution in [0, 0.1) is 6.92 Å². The summed E-state index contributed by atoms with van der Waals surface area (Å²) in [6, 6.07) is 12.5. The number of ether oxygens (including phenoxy) is 1. The van der Waals surface area contributed by atoms with Crippen LogP contribution in [0.4, 0.5) is 5.69 Å². The minimum Gasteiger partial charge on any atom is -0.480 e.